The van der Waals surface area contributed by atoms with Crippen LogP contribution in [0.15, 0.2) is 23.1 Å². The molecule has 0 aliphatic heterocycles. The fourth-order valence-corrected chi connectivity index (χ4v) is 3.68. The third kappa shape index (κ3) is 6.10. The lowest BCUT2D eigenvalue weighted by Gasteiger charge is -2.11. The predicted octanol–water partition coefficient (Wildman–Crippen LogP) is 1.80. The van der Waals surface area contributed by atoms with Crippen molar-refractivity contribution in [3.05, 3.63) is 23.8 Å². The van der Waals surface area contributed by atoms with Crippen LogP contribution in [0, 0.1) is 6.92 Å². The van der Waals surface area contributed by atoms with Crippen molar-refractivity contribution in [2.24, 2.45) is 0 Å². The number of rotatable bonds is 8. The van der Waals surface area contributed by atoms with Gasteiger partial charge in [-0.3, -0.25) is 4.79 Å². The number of sulfonamides is 1. The first kappa shape index (κ1) is 19.9. The van der Waals surface area contributed by atoms with Crippen molar-refractivity contribution in [3.8, 4) is 0 Å². The molecule has 0 aromatic heterocycles. The molecular weight excluding hydrogens is 338 g/mol. The van der Waals surface area contributed by atoms with E-state index in [1.165, 1.54) is 6.07 Å². The zero-order chi connectivity index (χ0) is 16.2. The maximum absolute atomic E-state index is 12.3. The van der Waals surface area contributed by atoms with Gasteiger partial charge in [-0.1, -0.05) is 6.07 Å². The Kier molecular flexibility index (Phi) is 7.47. The lowest BCUT2D eigenvalue weighted by atomic mass is 10.2. The number of hydrogen-bond acceptors (Lipinski definition) is 4. The first-order valence-electron chi connectivity index (χ1n) is 7.50. The van der Waals surface area contributed by atoms with E-state index in [9.17, 15) is 13.2 Å². The van der Waals surface area contributed by atoms with Crippen LogP contribution in [0.4, 0.5) is 5.69 Å². The van der Waals surface area contributed by atoms with Gasteiger partial charge in [0.25, 0.3) is 0 Å². The lowest BCUT2D eigenvalue weighted by molar-refractivity contribution is -0.116. The van der Waals surface area contributed by atoms with Crippen LogP contribution in [0.1, 0.15) is 31.2 Å². The monoisotopic (exact) mass is 361 g/mol. The van der Waals surface area contributed by atoms with Gasteiger partial charge in [0.2, 0.25) is 15.9 Å². The largest absolute Gasteiger partial charge is 0.326 e. The molecule has 0 unspecified atom stereocenters. The Bertz CT molecular complexity index is 645. The molecule has 0 radical (unpaired) electrons. The topological polar surface area (TPSA) is 87.3 Å². The van der Waals surface area contributed by atoms with Gasteiger partial charge in [-0.25, -0.2) is 13.1 Å². The number of nitrogens with one attached hydrogen (secondary N) is 3. The van der Waals surface area contributed by atoms with E-state index in [0.717, 1.165) is 25.8 Å². The summed E-state index contributed by atoms with van der Waals surface area (Å²) < 4.78 is 27.3. The smallest absolute Gasteiger partial charge is 0.241 e. The van der Waals surface area contributed by atoms with E-state index in [0.29, 0.717) is 17.7 Å². The normalized spacial score (nSPS) is 14.2. The predicted molar refractivity (Wildman–Crippen MR) is 93.6 cm³/mol. The molecule has 6 nitrogen and oxygen atoms in total. The molecule has 0 bridgehead atoms. The number of aryl methyl sites for hydroxylation is 1. The third-order valence-corrected chi connectivity index (χ3v) is 5.15. The molecular formula is C15H24ClN3O3S. The third-order valence-electron chi connectivity index (χ3n) is 3.49. The van der Waals surface area contributed by atoms with E-state index in [1.54, 1.807) is 19.1 Å². The summed E-state index contributed by atoms with van der Waals surface area (Å²) in [5.74, 6) is -0.113. The van der Waals surface area contributed by atoms with Gasteiger partial charge in [0.05, 0.1) is 4.90 Å². The first-order chi connectivity index (χ1) is 10.4. The molecule has 2 rings (SSSR count). The second-order valence-corrected chi connectivity index (χ2v) is 7.31. The molecule has 1 saturated carbocycles. The minimum Gasteiger partial charge on any atom is -0.326 e. The van der Waals surface area contributed by atoms with E-state index in [-0.39, 0.29) is 29.3 Å². The molecule has 1 fully saturated rings. The fraction of sp³-hybridized carbons (Fsp3) is 0.533. The van der Waals surface area contributed by atoms with Crippen molar-refractivity contribution >= 4 is 34.0 Å². The van der Waals surface area contributed by atoms with Crippen molar-refractivity contribution in [2.45, 2.75) is 43.5 Å². The Hall–Kier alpha value is -1.15. The number of halogens is 1. The zero-order valence-corrected chi connectivity index (χ0v) is 15.0. The molecule has 0 heterocycles. The van der Waals surface area contributed by atoms with Gasteiger partial charge in [-0.15, -0.1) is 12.4 Å². The molecule has 1 amide bonds. The molecule has 23 heavy (non-hydrogen) atoms. The Morgan fingerprint density at radius 2 is 2.00 bits per heavy atom. The van der Waals surface area contributed by atoms with Gasteiger partial charge in [0.1, 0.15) is 0 Å². The number of amides is 1. The highest BCUT2D eigenvalue weighted by Crippen LogP contribution is 2.25. The molecule has 130 valence electrons. The fourth-order valence-electron chi connectivity index (χ4n) is 2.10. The Balaban J connectivity index is 0.00000264. The van der Waals surface area contributed by atoms with Crippen LogP contribution < -0.4 is 15.4 Å². The number of anilines is 1. The van der Waals surface area contributed by atoms with Crippen molar-refractivity contribution in [1.29, 1.82) is 0 Å². The van der Waals surface area contributed by atoms with Gasteiger partial charge in [0.15, 0.2) is 0 Å². The summed E-state index contributed by atoms with van der Waals surface area (Å²) in [5.41, 5.74) is 1.18. The van der Waals surface area contributed by atoms with Crippen LogP contribution in [0.5, 0.6) is 0 Å². The van der Waals surface area contributed by atoms with Crippen LogP contribution in [0.25, 0.3) is 0 Å². The summed E-state index contributed by atoms with van der Waals surface area (Å²) in [7, 11) is -1.68. The van der Waals surface area contributed by atoms with Crippen molar-refractivity contribution < 1.29 is 13.2 Å². The van der Waals surface area contributed by atoms with Gasteiger partial charge in [-0.2, -0.15) is 0 Å². The van der Waals surface area contributed by atoms with Gasteiger partial charge in [-0.05, 0) is 57.5 Å². The molecule has 8 heteroatoms. The first-order valence-corrected chi connectivity index (χ1v) is 8.98. The van der Waals surface area contributed by atoms with E-state index in [4.69, 9.17) is 0 Å². The van der Waals surface area contributed by atoms with E-state index >= 15 is 0 Å². The second-order valence-electron chi connectivity index (χ2n) is 5.63. The van der Waals surface area contributed by atoms with Crippen LogP contribution in [0.3, 0.4) is 0 Å². The molecule has 1 aliphatic carbocycles. The van der Waals surface area contributed by atoms with E-state index in [1.807, 2.05) is 7.05 Å². The summed E-state index contributed by atoms with van der Waals surface area (Å²) in [6, 6.07) is 5.02. The highest BCUT2D eigenvalue weighted by molar-refractivity contribution is 7.89. The Morgan fingerprint density at radius 1 is 1.30 bits per heavy atom. The van der Waals surface area contributed by atoms with Crippen LogP contribution >= 0.6 is 12.4 Å². The number of benzene rings is 1. The summed E-state index contributed by atoms with van der Waals surface area (Å²) >= 11 is 0. The maximum atomic E-state index is 12.3. The Labute approximate surface area is 143 Å². The van der Waals surface area contributed by atoms with Crippen LogP contribution in [0.2, 0.25) is 0 Å². The van der Waals surface area contributed by atoms with Crippen molar-refractivity contribution in [3.63, 3.8) is 0 Å². The van der Waals surface area contributed by atoms with E-state index < -0.39 is 10.0 Å². The molecule has 0 atom stereocenters. The van der Waals surface area contributed by atoms with Crippen molar-refractivity contribution in [1.82, 2.24) is 10.0 Å². The second kappa shape index (κ2) is 8.63. The number of carbonyl (C=O) groups excluding carboxylic acids is 1. The van der Waals surface area contributed by atoms with Gasteiger partial charge >= 0.3 is 0 Å². The van der Waals surface area contributed by atoms with Crippen LogP contribution in [-0.4, -0.2) is 34.0 Å². The highest BCUT2D eigenvalue weighted by atomic mass is 35.5. The molecule has 1 aliphatic rings. The van der Waals surface area contributed by atoms with Gasteiger partial charge < -0.3 is 10.6 Å². The zero-order valence-electron chi connectivity index (χ0n) is 13.4. The highest BCUT2D eigenvalue weighted by Gasteiger charge is 2.29. The summed E-state index contributed by atoms with van der Waals surface area (Å²) in [6.07, 6.45) is 2.92. The molecule has 1 aromatic rings. The number of carbonyl (C=O) groups is 1. The molecule has 0 saturated heterocycles. The average Bonchev–Trinajstić information content (AvgIpc) is 3.24. The minimum atomic E-state index is -3.52. The summed E-state index contributed by atoms with van der Waals surface area (Å²) in [5, 5.41) is 5.73. The quantitative estimate of drug-likeness (QED) is 0.616. The standard InChI is InChI=1S/C15H23N3O3S.ClH/c1-11-5-6-13(17-15(19)4-3-9-16-2)10-14(11)22(20,21)18-12-7-8-12;/h5-6,10,12,16,18H,3-4,7-9H2,1-2H3,(H,17,19);1H. The van der Waals surface area contributed by atoms with Crippen LogP contribution in [-0.2, 0) is 14.8 Å². The Morgan fingerprint density at radius 3 is 2.61 bits per heavy atom. The lowest BCUT2D eigenvalue weighted by Crippen LogP contribution is -2.26. The minimum absolute atomic E-state index is 0. The maximum Gasteiger partial charge on any atom is 0.241 e. The van der Waals surface area contributed by atoms with E-state index in [2.05, 4.69) is 15.4 Å². The molecule has 0 spiro atoms. The van der Waals surface area contributed by atoms with Crippen molar-refractivity contribution in [2.75, 3.05) is 18.9 Å². The molecule has 1 aromatic carbocycles. The summed E-state index contributed by atoms with van der Waals surface area (Å²) in [6.45, 7) is 2.52. The number of hydrogen-bond donors (Lipinski definition) is 3. The summed E-state index contributed by atoms with van der Waals surface area (Å²) in [4.78, 5) is 12.0. The average molecular weight is 362 g/mol. The SMILES string of the molecule is CNCCCC(=O)Nc1ccc(C)c(S(=O)(=O)NC2CC2)c1.Cl. The van der Waals surface area contributed by atoms with Gasteiger partial charge in [0, 0.05) is 18.2 Å². The molecule has 3 N–H and O–H groups in total.